The van der Waals surface area contributed by atoms with Crippen LogP contribution in [0.2, 0.25) is 0 Å². The Hall–Kier alpha value is -1.08. The largest absolute Gasteiger partial charge is 0.392 e. The van der Waals surface area contributed by atoms with Crippen molar-refractivity contribution in [3.8, 4) is 6.07 Å². The van der Waals surface area contributed by atoms with Gasteiger partial charge in [-0.3, -0.25) is 4.79 Å². The molecule has 4 heteroatoms. The van der Waals surface area contributed by atoms with Gasteiger partial charge in [-0.05, 0) is 20.3 Å². The quantitative estimate of drug-likeness (QED) is 0.665. The van der Waals surface area contributed by atoms with Crippen LogP contribution in [0, 0.1) is 16.7 Å². The maximum atomic E-state index is 11.4. The molecule has 0 aliphatic heterocycles. The van der Waals surface area contributed by atoms with Crippen LogP contribution in [0.25, 0.3) is 0 Å². The summed E-state index contributed by atoms with van der Waals surface area (Å²) in [6, 6.07) is 1.96. The van der Waals surface area contributed by atoms with E-state index in [2.05, 4.69) is 5.32 Å². The molecule has 0 aromatic rings. The SMILES string of the molecule is CCC(C)(C#N)C(=O)NC[C@H](C)O. The van der Waals surface area contributed by atoms with E-state index in [9.17, 15) is 4.79 Å². The molecule has 0 aliphatic carbocycles. The lowest BCUT2D eigenvalue weighted by atomic mass is 9.88. The number of carbonyl (C=O) groups excluding carboxylic acids is 1. The number of nitrogens with one attached hydrogen (secondary N) is 1. The lowest BCUT2D eigenvalue weighted by Crippen LogP contribution is -2.40. The van der Waals surface area contributed by atoms with Crippen molar-refractivity contribution in [2.45, 2.75) is 33.3 Å². The zero-order valence-corrected chi connectivity index (χ0v) is 8.29. The van der Waals surface area contributed by atoms with Gasteiger partial charge in [-0.25, -0.2) is 0 Å². The maximum Gasteiger partial charge on any atom is 0.240 e. The summed E-state index contributed by atoms with van der Waals surface area (Å²) in [7, 11) is 0. The monoisotopic (exact) mass is 184 g/mol. The maximum absolute atomic E-state index is 11.4. The van der Waals surface area contributed by atoms with Gasteiger partial charge in [0.05, 0.1) is 12.2 Å². The topological polar surface area (TPSA) is 73.1 Å². The van der Waals surface area contributed by atoms with Crippen molar-refractivity contribution in [3.05, 3.63) is 0 Å². The lowest BCUT2D eigenvalue weighted by molar-refractivity contribution is -0.128. The first-order valence-corrected chi connectivity index (χ1v) is 4.34. The van der Waals surface area contributed by atoms with E-state index in [-0.39, 0.29) is 12.5 Å². The van der Waals surface area contributed by atoms with Crippen LogP contribution in [0.1, 0.15) is 27.2 Å². The van der Waals surface area contributed by atoms with Crippen molar-refractivity contribution in [1.82, 2.24) is 5.32 Å². The Kier molecular flexibility index (Phi) is 4.43. The van der Waals surface area contributed by atoms with Crippen LogP contribution in [0.15, 0.2) is 0 Å². The Labute approximate surface area is 78.6 Å². The van der Waals surface area contributed by atoms with E-state index in [0.717, 1.165) is 0 Å². The molecule has 0 saturated carbocycles. The summed E-state index contributed by atoms with van der Waals surface area (Å²) in [5.41, 5.74) is -0.977. The number of carbonyl (C=O) groups is 1. The molecule has 0 saturated heterocycles. The third-order valence-corrected chi connectivity index (χ3v) is 2.01. The van der Waals surface area contributed by atoms with Crippen molar-refractivity contribution >= 4 is 5.91 Å². The third kappa shape index (κ3) is 3.43. The van der Waals surface area contributed by atoms with Crippen LogP contribution in [-0.4, -0.2) is 23.7 Å². The van der Waals surface area contributed by atoms with Gasteiger partial charge in [0.15, 0.2) is 0 Å². The smallest absolute Gasteiger partial charge is 0.240 e. The predicted octanol–water partition coefficient (Wildman–Crippen LogP) is 0.423. The van der Waals surface area contributed by atoms with Gasteiger partial charge in [0, 0.05) is 6.54 Å². The fourth-order valence-electron chi connectivity index (χ4n) is 0.726. The Morgan fingerprint density at radius 2 is 2.31 bits per heavy atom. The second kappa shape index (κ2) is 4.83. The van der Waals surface area contributed by atoms with Gasteiger partial charge in [-0.15, -0.1) is 0 Å². The molecule has 1 amide bonds. The van der Waals surface area contributed by atoms with Gasteiger partial charge >= 0.3 is 0 Å². The van der Waals surface area contributed by atoms with Crippen LogP contribution in [-0.2, 0) is 4.79 Å². The standard InChI is InChI=1S/C9H16N2O2/c1-4-9(3,6-10)8(13)11-5-7(2)12/h7,12H,4-5H2,1-3H3,(H,11,13)/t7-,9?/m0/s1. The van der Waals surface area contributed by atoms with Crippen LogP contribution in [0.5, 0.6) is 0 Å². The second-order valence-electron chi connectivity index (χ2n) is 3.36. The van der Waals surface area contributed by atoms with Crippen LogP contribution >= 0.6 is 0 Å². The molecule has 0 fully saturated rings. The molecule has 74 valence electrons. The molecule has 2 N–H and O–H groups in total. The first-order chi connectivity index (χ1) is 5.96. The summed E-state index contributed by atoms with van der Waals surface area (Å²) in [4.78, 5) is 11.4. The molecule has 0 bridgehead atoms. The van der Waals surface area contributed by atoms with E-state index in [4.69, 9.17) is 10.4 Å². The number of aliphatic hydroxyl groups is 1. The van der Waals surface area contributed by atoms with Crippen LogP contribution in [0.4, 0.5) is 0 Å². The Morgan fingerprint density at radius 1 is 1.77 bits per heavy atom. The summed E-state index contributed by atoms with van der Waals surface area (Å²) < 4.78 is 0. The molecule has 0 radical (unpaired) electrons. The molecule has 1 unspecified atom stereocenters. The fourth-order valence-corrected chi connectivity index (χ4v) is 0.726. The van der Waals surface area contributed by atoms with Gasteiger partial charge in [-0.2, -0.15) is 5.26 Å². The molecule has 2 atom stereocenters. The average Bonchev–Trinajstić information content (AvgIpc) is 2.12. The van der Waals surface area contributed by atoms with E-state index in [1.165, 1.54) is 0 Å². The molecule has 0 aromatic heterocycles. The number of hydrogen-bond donors (Lipinski definition) is 2. The van der Waals surface area contributed by atoms with Gasteiger partial charge in [0.1, 0.15) is 5.41 Å². The highest BCUT2D eigenvalue weighted by Gasteiger charge is 2.30. The molecule has 0 aliphatic rings. The molecule has 0 rings (SSSR count). The van der Waals surface area contributed by atoms with Gasteiger partial charge in [0.2, 0.25) is 5.91 Å². The van der Waals surface area contributed by atoms with Crippen LogP contribution in [0.3, 0.4) is 0 Å². The number of nitriles is 1. The number of hydrogen-bond acceptors (Lipinski definition) is 3. The number of amides is 1. The summed E-state index contributed by atoms with van der Waals surface area (Å²) in [5.74, 6) is -0.321. The molecule has 0 heterocycles. The zero-order chi connectivity index (χ0) is 10.5. The Morgan fingerprint density at radius 3 is 2.62 bits per heavy atom. The Balaban J connectivity index is 4.18. The summed E-state index contributed by atoms with van der Waals surface area (Å²) in [6.07, 6.45) is -0.112. The fraction of sp³-hybridized carbons (Fsp3) is 0.778. The average molecular weight is 184 g/mol. The highest BCUT2D eigenvalue weighted by Crippen LogP contribution is 2.19. The summed E-state index contributed by atoms with van der Waals surface area (Å²) >= 11 is 0. The molecular formula is C9H16N2O2. The number of aliphatic hydroxyl groups excluding tert-OH is 1. The van der Waals surface area contributed by atoms with Crippen molar-refractivity contribution in [2.75, 3.05) is 6.54 Å². The van der Waals surface area contributed by atoms with E-state index >= 15 is 0 Å². The van der Waals surface area contributed by atoms with Crippen molar-refractivity contribution in [2.24, 2.45) is 5.41 Å². The number of rotatable bonds is 4. The van der Waals surface area contributed by atoms with Gasteiger partial charge in [-0.1, -0.05) is 6.92 Å². The lowest BCUT2D eigenvalue weighted by Gasteiger charge is -2.18. The second-order valence-corrected chi connectivity index (χ2v) is 3.36. The van der Waals surface area contributed by atoms with E-state index < -0.39 is 11.5 Å². The Bertz CT molecular complexity index is 220. The predicted molar refractivity (Wildman–Crippen MR) is 48.7 cm³/mol. The first kappa shape index (κ1) is 11.9. The number of nitrogens with zero attached hydrogens (tertiary/aromatic N) is 1. The first-order valence-electron chi connectivity index (χ1n) is 4.34. The van der Waals surface area contributed by atoms with E-state index in [0.29, 0.717) is 6.42 Å². The minimum atomic E-state index is -0.977. The summed E-state index contributed by atoms with van der Waals surface area (Å²) in [6.45, 7) is 5.14. The molecule has 13 heavy (non-hydrogen) atoms. The highest BCUT2D eigenvalue weighted by molar-refractivity contribution is 5.84. The molecule has 4 nitrogen and oxygen atoms in total. The minimum absolute atomic E-state index is 0.191. The highest BCUT2D eigenvalue weighted by atomic mass is 16.3. The molecule has 0 aromatic carbocycles. The van der Waals surface area contributed by atoms with Gasteiger partial charge in [0.25, 0.3) is 0 Å². The van der Waals surface area contributed by atoms with Crippen molar-refractivity contribution in [1.29, 1.82) is 5.26 Å². The molecule has 0 spiro atoms. The van der Waals surface area contributed by atoms with Crippen molar-refractivity contribution in [3.63, 3.8) is 0 Å². The third-order valence-electron chi connectivity index (χ3n) is 2.01. The zero-order valence-electron chi connectivity index (χ0n) is 8.29. The van der Waals surface area contributed by atoms with Crippen molar-refractivity contribution < 1.29 is 9.90 Å². The van der Waals surface area contributed by atoms with Gasteiger partial charge < -0.3 is 10.4 Å². The summed E-state index contributed by atoms with van der Waals surface area (Å²) in [5, 5.41) is 20.2. The van der Waals surface area contributed by atoms with Crippen LogP contribution < -0.4 is 5.32 Å². The normalized spacial score (nSPS) is 16.8. The van der Waals surface area contributed by atoms with E-state index in [1.807, 2.05) is 6.07 Å². The van der Waals surface area contributed by atoms with E-state index in [1.54, 1.807) is 20.8 Å². The molecular weight excluding hydrogens is 168 g/mol. The minimum Gasteiger partial charge on any atom is -0.392 e.